The van der Waals surface area contributed by atoms with Gasteiger partial charge >= 0.3 is 0 Å². The summed E-state index contributed by atoms with van der Waals surface area (Å²) in [6.07, 6.45) is 1.50. The van der Waals surface area contributed by atoms with Crippen LogP contribution in [0.5, 0.6) is 5.75 Å². The number of carbonyl (C=O) groups is 1. The summed E-state index contributed by atoms with van der Waals surface area (Å²) >= 11 is 10.7. The Morgan fingerprint density at radius 2 is 2.23 bits per heavy atom. The Bertz CT molecular complexity index is 887. The van der Waals surface area contributed by atoms with E-state index >= 15 is 0 Å². The van der Waals surface area contributed by atoms with Gasteiger partial charge in [-0.05, 0) is 30.3 Å². The average Bonchev–Trinajstić information content (AvgIpc) is 3.01. The van der Waals surface area contributed by atoms with Crippen molar-refractivity contribution in [2.45, 2.75) is 6.61 Å². The van der Waals surface area contributed by atoms with Gasteiger partial charge in [-0.2, -0.15) is 5.10 Å². The summed E-state index contributed by atoms with van der Waals surface area (Å²) in [5.41, 5.74) is 0.927. The first-order chi connectivity index (χ1) is 12.5. The Kier molecular flexibility index (Phi) is 6.29. The van der Waals surface area contributed by atoms with Gasteiger partial charge in [-0.15, -0.1) is 5.10 Å². The van der Waals surface area contributed by atoms with Crippen LogP contribution in [0.4, 0.5) is 4.39 Å². The van der Waals surface area contributed by atoms with Crippen LogP contribution in [0, 0.1) is 5.82 Å². The average molecular weight is 457 g/mol. The van der Waals surface area contributed by atoms with Crippen LogP contribution >= 0.6 is 39.3 Å². The molecule has 5 nitrogen and oxygen atoms in total. The van der Waals surface area contributed by atoms with Crippen LogP contribution in [0.1, 0.15) is 11.1 Å². The van der Waals surface area contributed by atoms with E-state index in [1.807, 2.05) is 0 Å². The van der Waals surface area contributed by atoms with E-state index in [4.69, 9.17) is 16.3 Å². The number of amidine groups is 1. The molecule has 0 atom stereocenters. The number of ether oxygens (including phenoxy) is 1. The predicted octanol–water partition coefficient (Wildman–Crippen LogP) is 4.37. The number of hydrogen-bond acceptors (Lipinski definition) is 5. The highest BCUT2D eigenvalue weighted by Crippen LogP contribution is 2.25. The fraction of sp³-hybridized carbons (Fsp3) is 0.118. The van der Waals surface area contributed by atoms with Crippen molar-refractivity contribution in [2.24, 2.45) is 10.2 Å². The normalized spacial score (nSPS) is 15.7. The van der Waals surface area contributed by atoms with Crippen molar-refractivity contribution in [3.63, 3.8) is 0 Å². The molecule has 0 radical (unpaired) electrons. The number of amides is 1. The third-order valence-electron chi connectivity index (χ3n) is 3.34. The molecule has 1 N–H and O–H groups in total. The maximum atomic E-state index is 13.9. The second kappa shape index (κ2) is 8.66. The third kappa shape index (κ3) is 4.84. The van der Waals surface area contributed by atoms with E-state index in [-0.39, 0.29) is 18.1 Å². The molecular formula is C17H12BrClFN3O2S. The topological polar surface area (TPSA) is 63.0 Å². The minimum absolute atomic E-state index is 0.0194. The summed E-state index contributed by atoms with van der Waals surface area (Å²) < 4.78 is 20.4. The van der Waals surface area contributed by atoms with E-state index in [2.05, 4.69) is 31.4 Å². The van der Waals surface area contributed by atoms with Crippen molar-refractivity contribution >= 4 is 56.6 Å². The Morgan fingerprint density at radius 3 is 2.96 bits per heavy atom. The number of hydrogen-bond donors (Lipinski definition) is 1. The summed E-state index contributed by atoms with van der Waals surface area (Å²) in [6, 6.07) is 9.81. The van der Waals surface area contributed by atoms with Crippen LogP contribution in [-0.2, 0) is 11.4 Å². The first-order valence-corrected chi connectivity index (χ1v) is 9.57. The molecule has 3 rings (SSSR count). The molecule has 0 aliphatic carbocycles. The van der Waals surface area contributed by atoms with Crippen LogP contribution in [0.2, 0.25) is 5.02 Å². The van der Waals surface area contributed by atoms with Crippen LogP contribution in [0.3, 0.4) is 0 Å². The lowest BCUT2D eigenvalue weighted by atomic mass is 10.2. The molecule has 1 aliphatic rings. The number of halogens is 3. The largest absolute Gasteiger partial charge is 0.488 e. The molecule has 9 heteroatoms. The summed E-state index contributed by atoms with van der Waals surface area (Å²) in [4.78, 5) is 11.1. The molecule has 0 bridgehead atoms. The van der Waals surface area contributed by atoms with Gasteiger partial charge in [-0.1, -0.05) is 45.4 Å². The fourth-order valence-corrected chi connectivity index (χ4v) is 3.32. The zero-order valence-corrected chi connectivity index (χ0v) is 16.4. The van der Waals surface area contributed by atoms with E-state index in [9.17, 15) is 9.18 Å². The molecule has 26 heavy (non-hydrogen) atoms. The molecule has 0 saturated carbocycles. The fourth-order valence-electron chi connectivity index (χ4n) is 2.09. The van der Waals surface area contributed by atoms with Gasteiger partial charge in [0.1, 0.15) is 18.2 Å². The number of benzene rings is 2. The molecule has 0 unspecified atom stereocenters. The number of thioether (sulfide) groups is 1. The van der Waals surface area contributed by atoms with Gasteiger partial charge in [0.25, 0.3) is 0 Å². The first-order valence-electron chi connectivity index (χ1n) is 7.42. The summed E-state index contributed by atoms with van der Waals surface area (Å²) in [7, 11) is 0. The Hall–Kier alpha value is -1.90. The van der Waals surface area contributed by atoms with Crippen molar-refractivity contribution in [2.75, 3.05) is 5.75 Å². The Labute approximate surface area is 166 Å². The lowest BCUT2D eigenvalue weighted by molar-refractivity contribution is -0.116. The van der Waals surface area contributed by atoms with Crippen molar-refractivity contribution < 1.29 is 13.9 Å². The van der Waals surface area contributed by atoms with Crippen LogP contribution in [0.25, 0.3) is 0 Å². The van der Waals surface area contributed by atoms with Crippen LogP contribution < -0.4 is 10.1 Å². The SMILES string of the molecule is O=C1CSC(=NN=Cc2cc(Br)ccc2OCc2c(F)cccc2Cl)N1. The number of carbonyl (C=O) groups excluding carboxylic acids is 1. The highest BCUT2D eigenvalue weighted by atomic mass is 79.9. The summed E-state index contributed by atoms with van der Waals surface area (Å²) in [5, 5.41) is 11.3. The van der Waals surface area contributed by atoms with Crippen molar-refractivity contribution in [3.05, 3.63) is 62.8 Å². The Balaban J connectivity index is 1.76. The van der Waals surface area contributed by atoms with E-state index in [1.165, 1.54) is 30.1 Å². The molecule has 0 spiro atoms. The van der Waals surface area contributed by atoms with Gasteiger partial charge in [-0.3, -0.25) is 4.79 Å². The van der Waals surface area contributed by atoms with Gasteiger partial charge in [0.05, 0.1) is 17.0 Å². The molecule has 1 aliphatic heterocycles. The standard InChI is InChI=1S/C17H12BrClFN3O2S/c18-11-4-5-15(25-8-12-13(19)2-1-3-14(12)20)10(6-11)7-21-23-17-22-16(24)9-26-17/h1-7H,8-9H2,(H,22,23,24). The lowest BCUT2D eigenvalue weighted by Crippen LogP contribution is -2.19. The van der Waals surface area contributed by atoms with Gasteiger partial charge in [0, 0.05) is 15.6 Å². The minimum Gasteiger partial charge on any atom is -0.488 e. The van der Waals surface area contributed by atoms with Crippen molar-refractivity contribution in [3.8, 4) is 5.75 Å². The van der Waals surface area contributed by atoms with Crippen molar-refractivity contribution in [1.82, 2.24) is 5.32 Å². The van der Waals surface area contributed by atoms with E-state index in [1.54, 1.807) is 24.3 Å². The monoisotopic (exact) mass is 455 g/mol. The highest BCUT2D eigenvalue weighted by Gasteiger charge is 2.16. The number of nitrogens with one attached hydrogen (secondary N) is 1. The molecule has 1 fully saturated rings. The number of rotatable bonds is 5. The molecule has 1 saturated heterocycles. The van der Waals surface area contributed by atoms with Gasteiger partial charge < -0.3 is 10.1 Å². The summed E-state index contributed by atoms with van der Waals surface area (Å²) in [5.74, 6) is 0.310. The molecule has 1 amide bonds. The maximum Gasteiger partial charge on any atom is 0.236 e. The summed E-state index contributed by atoms with van der Waals surface area (Å²) in [6.45, 7) is -0.0194. The van der Waals surface area contributed by atoms with Crippen LogP contribution in [0.15, 0.2) is 51.1 Å². The van der Waals surface area contributed by atoms with Gasteiger partial charge in [-0.25, -0.2) is 4.39 Å². The lowest BCUT2D eigenvalue weighted by Gasteiger charge is -2.11. The van der Waals surface area contributed by atoms with Crippen LogP contribution in [-0.4, -0.2) is 23.0 Å². The smallest absolute Gasteiger partial charge is 0.236 e. The predicted molar refractivity (Wildman–Crippen MR) is 106 cm³/mol. The highest BCUT2D eigenvalue weighted by molar-refractivity contribution is 9.10. The maximum absolute atomic E-state index is 13.9. The zero-order chi connectivity index (χ0) is 18.5. The van der Waals surface area contributed by atoms with E-state index in [0.29, 0.717) is 27.3 Å². The van der Waals surface area contributed by atoms with E-state index in [0.717, 1.165) is 4.47 Å². The molecular weight excluding hydrogens is 445 g/mol. The quantitative estimate of drug-likeness (QED) is 0.537. The minimum atomic E-state index is -0.426. The molecule has 2 aromatic rings. The second-order valence-corrected chi connectivity index (χ2v) is 7.44. The molecule has 1 heterocycles. The van der Waals surface area contributed by atoms with Gasteiger partial charge in [0.2, 0.25) is 5.91 Å². The van der Waals surface area contributed by atoms with Crippen molar-refractivity contribution in [1.29, 1.82) is 0 Å². The van der Waals surface area contributed by atoms with E-state index < -0.39 is 5.82 Å². The molecule has 2 aromatic carbocycles. The Morgan fingerprint density at radius 1 is 1.38 bits per heavy atom. The molecule has 0 aromatic heterocycles. The molecule has 134 valence electrons. The first kappa shape index (κ1) is 18.9. The third-order valence-corrected chi connectivity index (χ3v) is 5.05. The zero-order valence-electron chi connectivity index (χ0n) is 13.2. The van der Waals surface area contributed by atoms with Gasteiger partial charge in [0.15, 0.2) is 5.17 Å². The number of nitrogens with zero attached hydrogens (tertiary/aromatic N) is 2. The second-order valence-electron chi connectivity index (χ2n) is 5.16.